The quantitative estimate of drug-likeness (QED) is 0.341. The van der Waals surface area contributed by atoms with Gasteiger partial charge in [-0.05, 0) is 48.0 Å². The molecule has 2 aliphatic rings. The number of rotatable bonds is 5. The number of H-pyrrole nitrogens is 1. The predicted octanol–water partition coefficient (Wildman–Crippen LogP) is 5.01. The average Bonchev–Trinajstić information content (AvgIpc) is 2.95. The molecule has 2 aromatic heterocycles. The molecule has 2 N–H and O–H groups in total. The van der Waals surface area contributed by atoms with Gasteiger partial charge in [-0.25, -0.2) is 4.98 Å². The molecule has 8 nitrogen and oxygen atoms in total. The van der Waals surface area contributed by atoms with Gasteiger partial charge in [-0.2, -0.15) is 5.26 Å². The van der Waals surface area contributed by atoms with Crippen molar-refractivity contribution in [3.63, 3.8) is 0 Å². The number of pyridine rings is 2. The lowest BCUT2D eigenvalue weighted by Crippen LogP contribution is -2.36. The summed E-state index contributed by atoms with van der Waals surface area (Å²) in [5, 5.41) is 12.3. The van der Waals surface area contributed by atoms with E-state index < -0.39 is 0 Å². The van der Waals surface area contributed by atoms with Crippen LogP contribution in [0.5, 0.6) is 11.5 Å². The zero-order valence-electron chi connectivity index (χ0n) is 19.9. The highest BCUT2D eigenvalue weighted by Gasteiger charge is 2.23. The lowest BCUT2D eigenvalue weighted by atomic mass is 10.1. The van der Waals surface area contributed by atoms with E-state index in [1.54, 1.807) is 30.1 Å². The predicted molar refractivity (Wildman–Crippen MR) is 142 cm³/mol. The third-order valence-corrected chi connectivity index (χ3v) is 7.37. The molecule has 2 aromatic carbocycles. The van der Waals surface area contributed by atoms with Crippen molar-refractivity contribution in [1.82, 2.24) is 9.97 Å². The lowest BCUT2D eigenvalue weighted by Gasteiger charge is -2.29. The molecule has 37 heavy (non-hydrogen) atoms. The first-order valence-corrected chi connectivity index (χ1v) is 12.8. The number of benzene rings is 2. The highest BCUT2D eigenvalue weighted by Crippen LogP contribution is 2.51. The van der Waals surface area contributed by atoms with Crippen molar-refractivity contribution in [3.05, 3.63) is 88.5 Å². The number of aromatic amines is 1. The van der Waals surface area contributed by atoms with Crippen LogP contribution in [0.4, 0.5) is 11.4 Å². The summed E-state index contributed by atoms with van der Waals surface area (Å²) in [5.41, 5.74) is 4.67. The number of nitrogens with one attached hydrogen (secondary N) is 2. The molecule has 0 amide bonds. The fourth-order valence-corrected chi connectivity index (χ4v) is 5.43. The van der Waals surface area contributed by atoms with Gasteiger partial charge < -0.3 is 24.7 Å². The fourth-order valence-electron chi connectivity index (χ4n) is 4.40. The van der Waals surface area contributed by atoms with Crippen LogP contribution < -0.4 is 20.5 Å². The average molecular weight is 510 g/mol. The summed E-state index contributed by atoms with van der Waals surface area (Å²) < 4.78 is 11.8. The van der Waals surface area contributed by atoms with Gasteiger partial charge >= 0.3 is 0 Å². The van der Waals surface area contributed by atoms with Crippen LogP contribution in [0.25, 0.3) is 11.3 Å². The van der Waals surface area contributed by atoms with Gasteiger partial charge in [-0.1, -0.05) is 23.9 Å². The molecule has 1 saturated heterocycles. The van der Waals surface area contributed by atoms with Crippen molar-refractivity contribution < 1.29 is 9.47 Å². The fraction of sp³-hybridized carbons (Fsp3) is 0.179. The van der Waals surface area contributed by atoms with E-state index in [-0.39, 0.29) is 5.56 Å². The molecule has 0 aliphatic carbocycles. The zero-order chi connectivity index (χ0) is 25.2. The van der Waals surface area contributed by atoms with E-state index >= 15 is 0 Å². The maximum atomic E-state index is 12.5. The van der Waals surface area contributed by atoms with Gasteiger partial charge in [-0.15, -0.1) is 0 Å². The number of morpholine rings is 1. The van der Waals surface area contributed by atoms with E-state index in [1.807, 2.05) is 48.5 Å². The number of aromatic nitrogens is 2. The molecular formula is C28H23N5O3S. The smallest absolute Gasteiger partial charge is 0.250 e. The van der Waals surface area contributed by atoms with Gasteiger partial charge in [0, 0.05) is 48.8 Å². The summed E-state index contributed by atoms with van der Waals surface area (Å²) >= 11 is 1.64. The van der Waals surface area contributed by atoms with Crippen molar-refractivity contribution in [3.8, 4) is 28.8 Å². The second-order valence-electron chi connectivity index (χ2n) is 8.73. The number of nitriles is 1. The Hall–Kier alpha value is -4.26. The van der Waals surface area contributed by atoms with E-state index in [0.29, 0.717) is 25.5 Å². The van der Waals surface area contributed by atoms with Gasteiger partial charge in [0.1, 0.15) is 17.5 Å². The number of anilines is 2. The Labute approximate surface area is 217 Å². The van der Waals surface area contributed by atoms with Gasteiger partial charge in [0.2, 0.25) is 5.56 Å². The van der Waals surface area contributed by atoms with Crippen LogP contribution in [0.3, 0.4) is 0 Å². The number of hydrogen-bond acceptors (Lipinski definition) is 8. The van der Waals surface area contributed by atoms with Crippen LogP contribution >= 0.6 is 11.8 Å². The summed E-state index contributed by atoms with van der Waals surface area (Å²) in [5.74, 6) is 1.50. The van der Waals surface area contributed by atoms with Gasteiger partial charge in [0.15, 0.2) is 5.75 Å². The minimum absolute atomic E-state index is 0.145. The second kappa shape index (κ2) is 10.0. The minimum atomic E-state index is -0.145. The van der Waals surface area contributed by atoms with Gasteiger partial charge in [0.25, 0.3) is 0 Å². The summed E-state index contributed by atoms with van der Waals surface area (Å²) in [6.07, 6.45) is 1.71. The molecule has 9 heteroatoms. The first-order valence-electron chi connectivity index (χ1n) is 12.0. The molecule has 0 unspecified atom stereocenters. The van der Waals surface area contributed by atoms with E-state index in [0.717, 1.165) is 62.6 Å². The Morgan fingerprint density at radius 1 is 1.08 bits per heavy atom. The van der Waals surface area contributed by atoms with Crippen LogP contribution in [0.15, 0.2) is 81.4 Å². The van der Waals surface area contributed by atoms with E-state index in [2.05, 4.69) is 26.3 Å². The Balaban J connectivity index is 1.24. The number of ether oxygens (including phenoxy) is 2. The first kappa shape index (κ1) is 23.2. The minimum Gasteiger partial charge on any atom is -0.454 e. The van der Waals surface area contributed by atoms with Crippen LogP contribution in [0, 0.1) is 11.3 Å². The molecule has 0 saturated carbocycles. The Morgan fingerprint density at radius 2 is 1.97 bits per heavy atom. The topological polar surface area (TPSA) is 103 Å². The lowest BCUT2D eigenvalue weighted by molar-refractivity contribution is 0.122. The molecular weight excluding hydrogens is 486 g/mol. The molecule has 0 radical (unpaired) electrons. The van der Waals surface area contributed by atoms with Crippen molar-refractivity contribution in [1.29, 1.82) is 5.26 Å². The SMILES string of the molecule is N#Cc1ccc(CNc2ccc3c(c2)Sc2cccc(-c4cc(N5CCOCC5)cc(=O)[nH]4)c2O3)cn1. The number of nitrogens with zero attached hydrogens (tertiary/aromatic N) is 3. The Kier molecular flexibility index (Phi) is 6.26. The Morgan fingerprint density at radius 3 is 2.78 bits per heavy atom. The third kappa shape index (κ3) is 4.89. The monoisotopic (exact) mass is 509 g/mol. The number of para-hydroxylation sites is 1. The maximum Gasteiger partial charge on any atom is 0.250 e. The van der Waals surface area contributed by atoms with Gasteiger partial charge in [-0.3, -0.25) is 4.79 Å². The van der Waals surface area contributed by atoms with Crippen LogP contribution in [-0.2, 0) is 11.3 Å². The molecule has 6 rings (SSSR count). The van der Waals surface area contributed by atoms with Crippen LogP contribution in [-0.4, -0.2) is 36.3 Å². The Bertz CT molecular complexity index is 1560. The van der Waals surface area contributed by atoms with Crippen molar-refractivity contribution >= 4 is 23.1 Å². The second-order valence-corrected chi connectivity index (χ2v) is 9.82. The van der Waals surface area contributed by atoms with Crippen LogP contribution in [0.1, 0.15) is 11.3 Å². The maximum absolute atomic E-state index is 12.5. The normalized spacial score (nSPS) is 14.2. The summed E-state index contributed by atoms with van der Waals surface area (Å²) in [7, 11) is 0. The molecule has 0 bridgehead atoms. The van der Waals surface area contributed by atoms with Gasteiger partial charge in [0.05, 0.1) is 28.7 Å². The van der Waals surface area contributed by atoms with Crippen molar-refractivity contribution in [2.24, 2.45) is 0 Å². The van der Waals surface area contributed by atoms with Crippen molar-refractivity contribution in [2.45, 2.75) is 16.3 Å². The molecule has 0 spiro atoms. The standard InChI is InChI=1S/C28H23N5O3S/c29-15-20-5-4-18(17-31-20)16-30-19-6-7-24-26(12-19)37-25-3-1-2-22(28(25)36-24)23-13-21(14-27(34)32-23)33-8-10-35-11-9-33/h1-7,12-14,17,30H,8-11,16H2,(H,32,34). The molecule has 184 valence electrons. The largest absolute Gasteiger partial charge is 0.454 e. The highest BCUT2D eigenvalue weighted by molar-refractivity contribution is 7.99. The highest BCUT2D eigenvalue weighted by atomic mass is 32.2. The van der Waals surface area contributed by atoms with E-state index in [4.69, 9.17) is 14.7 Å². The van der Waals surface area contributed by atoms with Crippen molar-refractivity contribution in [2.75, 3.05) is 36.5 Å². The summed E-state index contributed by atoms with van der Waals surface area (Å²) in [4.78, 5) is 23.8. The van der Waals surface area contributed by atoms with E-state index in [9.17, 15) is 4.79 Å². The number of fused-ring (bicyclic) bond motifs is 2. The number of hydrogen-bond donors (Lipinski definition) is 2. The molecule has 1 fully saturated rings. The summed E-state index contributed by atoms with van der Waals surface area (Å²) in [6.45, 7) is 3.42. The van der Waals surface area contributed by atoms with Crippen LogP contribution in [0.2, 0.25) is 0 Å². The molecule has 2 aliphatic heterocycles. The summed E-state index contributed by atoms with van der Waals surface area (Å²) in [6, 6.07) is 21.3. The molecule has 0 atom stereocenters. The zero-order valence-corrected chi connectivity index (χ0v) is 20.7. The third-order valence-electron chi connectivity index (χ3n) is 6.29. The molecule has 4 aromatic rings. The molecule has 4 heterocycles. The van der Waals surface area contributed by atoms with E-state index in [1.165, 1.54) is 0 Å². The first-order chi connectivity index (χ1) is 18.2.